The van der Waals surface area contributed by atoms with Crippen LogP contribution in [0.4, 0.5) is 5.82 Å². The van der Waals surface area contributed by atoms with E-state index in [1.807, 2.05) is 0 Å². The summed E-state index contributed by atoms with van der Waals surface area (Å²) in [5.41, 5.74) is 0.365. The Labute approximate surface area is 136 Å². The molecule has 7 heteroatoms. The highest BCUT2D eigenvalue weighted by Crippen LogP contribution is 2.20. The fourth-order valence-electron chi connectivity index (χ4n) is 3.04. The van der Waals surface area contributed by atoms with Crippen LogP contribution in [0.3, 0.4) is 0 Å². The number of ether oxygens (including phenoxy) is 1. The molecule has 2 heterocycles. The van der Waals surface area contributed by atoms with E-state index in [2.05, 4.69) is 25.5 Å². The minimum absolute atomic E-state index is 0.168. The highest BCUT2D eigenvalue weighted by molar-refractivity contribution is 5.91. The van der Waals surface area contributed by atoms with Gasteiger partial charge in [-0.15, -0.1) is 0 Å². The van der Waals surface area contributed by atoms with Crippen molar-refractivity contribution in [1.82, 2.24) is 20.2 Å². The molecule has 0 atom stereocenters. The zero-order chi connectivity index (χ0) is 15.9. The lowest BCUT2D eigenvalue weighted by atomic mass is 10.2. The van der Waals surface area contributed by atoms with Crippen molar-refractivity contribution >= 4 is 11.7 Å². The van der Waals surface area contributed by atoms with E-state index < -0.39 is 0 Å². The van der Waals surface area contributed by atoms with Gasteiger partial charge in [0.25, 0.3) is 5.91 Å². The molecular weight excluding hydrogens is 294 g/mol. The van der Waals surface area contributed by atoms with Crippen molar-refractivity contribution in [2.24, 2.45) is 0 Å². The van der Waals surface area contributed by atoms with E-state index in [1.165, 1.54) is 25.7 Å². The second kappa shape index (κ2) is 8.21. The molecular formula is C16H25N5O2. The summed E-state index contributed by atoms with van der Waals surface area (Å²) in [5.74, 6) is 0.583. The lowest BCUT2D eigenvalue weighted by Gasteiger charge is -2.26. The normalized spacial score (nSPS) is 19.7. The Kier molecular flexibility index (Phi) is 5.76. The Morgan fingerprint density at radius 3 is 2.70 bits per heavy atom. The van der Waals surface area contributed by atoms with Crippen molar-refractivity contribution in [3.63, 3.8) is 0 Å². The smallest absolute Gasteiger partial charge is 0.271 e. The Bertz CT molecular complexity index is 496. The van der Waals surface area contributed by atoms with Crippen LogP contribution in [-0.4, -0.2) is 66.2 Å². The second-order valence-corrected chi connectivity index (χ2v) is 6.12. The van der Waals surface area contributed by atoms with Crippen LogP contribution in [0.15, 0.2) is 12.4 Å². The van der Waals surface area contributed by atoms with Gasteiger partial charge in [0.05, 0.1) is 25.6 Å². The van der Waals surface area contributed by atoms with E-state index >= 15 is 0 Å². The summed E-state index contributed by atoms with van der Waals surface area (Å²) < 4.78 is 5.30. The molecule has 2 aliphatic rings. The maximum atomic E-state index is 12.1. The first-order valence-electron chi connectivity index (χ1n) is 8.48. The summed E-state index contributed by atoms with van der Waals surface area (Å²) >= 11 is 0. The van der Waals surface area contributed by atoms with Gasteiger partial charge < -0.3 is 15.4 Å². The molecule has 3 rings (SSSR count). The van der Waals surface area contributed by atoms with E-state index in [9.17, 15) is 4.79 Å². The van der Waals surface area contributed by atoms with Gasteiger partial charge in [-0.1, -0.05) is 12.8 Å². The standard InChI is InChI=1S/C16H25N5O2/c22-16(17-5-6-21-7-9-23-10-8-21)14-11-19-15(12-18-14)20-13-3-1-2-4-13/h11-13H,1-10H2,(H,17,22)(H,19,20). The van der Waals surface area contributed by atoms with Gasteiger partial charge in [-0.05, 0) is 12.8 Å². The maximum Gasteiger partial charge on any atom is 0.271 e. The molecule has 126 valence electrons. The predicted octanol–water partition coefficient (Wildman–Crippen LogP) is 0.893. The van der Waals surface area contributed by atoms with E-state index in [-0.39, 0.29) is 5.91 Å². The molecule has 0 unspecified atom stereocenters. The number of nitrogens with one attached hydrogen (secondary N) is 2. The van der Waals surface area contributed by atoms with Crippen molar-refractivity contribution in [3.05, 3.63) is 18.1 Å². The van der Waals surface area contributed by atoms with Crippen LogP contribution in [0.1, 0.15) is 36.2 Å². The number of anilines is 1. The predicted molar refractivity (Wildman–Crippen MR) is 87.5 cm³/mol. The Morgan fingerprint density at radius 2 is 2.00 bits per heavy atom. The van der Waals surface area contributed by atoms with Crippen LogP contribution in [0.2, 0.25) is 0 Å². The van der Waals surface area contributed by atoms with Crippen LogP contribution in [0.25, 0.3) is 0 Å². The molecule has 1 aliphatic heterocycles. The Hall–Kier alpha value is -1.73. The SMILES string of the molecule is O=C(NCCN1CCOCC1)c1cnc(NC2CCCC2)cn1. The van der Waals surface area contributed by atoms with Gasteiger partial charge >= 0.3 is 0 Å². The quantitative estimate of drug-likeness (QED) is 0.811. The average molecular weight is 319 g/mol. The van der Waals surface area contributed by atoms with Gasteiger partial charge in [-0.3, -0.25) is 9.69 Å². The van der Waals surface area contributed by atoms with Gasteiger partial charge in [0, 0.05) is 32.2 Å². The first-order valence-corrected chi connectivity index (χ1v) is 8.48. The summed E-state index contributed by atoms with van der Waals surface area (Å²) in [4.78, 5) is 22.9. The topological polar surface area (TPSA) is 79.4 Å². The van der Waals surface area contributed by atoms with Crippen molar-refractivity contribution in [3.8, 4) is 0 Å². The molecule has 23 heavy (non-hydrogen) atoms. The number of hydrogen-bond acceptors (Lipinski definition) is 6. The number of morpholine rings is 1. The third kappa shape index (κ3) is 4.87. The van der Waals surface area contributed by atoms with Crippen LogP contribution in [-0.2, 0) is 4.74 Å². The lowest BCUT2D eigenvalue weighted by molar-refractivity contribution is 0.0383. The number of nitrogens with zero attached hydrogens (tertiary/aromatic N) is 3. The summed E-state index contributed by atoms with van der Waals surface area (Å²) in [5, 5.41) is 6.26. The summed E-state index contributed by atoms with van der Waals surface area (Å²) in [6, 6.07) is 0.498. The van der Waals surface area contributed by atoms with Gasteiger partial charge in [-0.2, -0.15) is 0 Å². The van der Waals surface area contributed by atoms with Crippen LogP contribution >= 0.6 is 0 Å². The van der Waals surface area contributed by atoms with Crippen molar-refractivity contribution in [2.45, 2.75) is 31.7 Å². The van der Waals surface area contributed by atoms with Gasteiger partial charge in [0.1, 0.15) is 11.5 Å². The first-order chi connectivity index (χ1) is 11.3. The highest BCUT2D eigenvalue weighted by Gasteiger charge is 2.16. The van der Waals surface area contributed by atoms with Gasteiger partial charge in [0.15, 0.2) is 0 Å². The third-order valence-electron chi connectivity index (χ3n) is 4.41. The molecule has 1 amide bonds. The maximum absolute atomic E-state index is 12.1. The summed E-state index contributed by atoms with van der Waals surface area (Å²) in [7, 11) is 0. The van der Waals surface area contributed by atoms with E-state index in [4.69, 9.17) is 4.74 Å². The third-order valence-corrected chi connectivity index (χ3v) is 4.41. The molecule has 0 spiro atoms. The number of carbonyl (C=O) groups excluding carboxylic acids is 1. The van der Waals surface area contributed by atoms with E-state index in [1.54, 1.807) is 12.4 Å². The minimum Gasteiger partial charge on any atom is -0.379 e. The number of hydrogen-bond donors (Lipinski definition) is 2. The lowest BCUT2D eigenvalue weighted by Crippen LogP contribution is -2.41. The number of rotatable bonds is 6. The number of amides is 1. The van der Waals surface area contributed by atoms with E-state index in [0.29, 0.717) is 18.3 Å². The molecule has 2 N–H and O–H groups in total. The van der Waals surface area contributed by atoms with Crippen LogP contribution in [0.5, 0.6) is 0 Å². The largest absolute Gasteiger partial charge is 0.379 e. The van der Waals surface area contributed by atoms with Crippen LogP contribution < -0.4 is 10.6 Å². The molecule has 1 saturated carbocycles. The molecule has 2 fully saturated rings. The molecule has 1 aromatic heterocycles. The second-order valence-electron chi connectivity index (χ2n) is 6.12. The zero-order valence-electron chi connectivity index (χ0n) is 13.5. The molecule has 0 aromatic carbocycles. The summed E-state index contributed by atoms with van der Waals surface area (Å²) in [6.45, 7) is 4.85. The zero-order valence-corrected chi connectivity index (χ0v) is 13.5. The Balaban J connectivity index is 1.41. The molecule has 1 saturated heterocycles. The summed E-state index contributed by atoms with van der Waals surface area (Å²) in [6.07, 6.45) is 8.11. The van der Waals surface area contributed by atoms with Crippen molar-refractivity contribution < 1.29 is 9.53 Å². The fourth-order valence-corrected chi connectivity index (χ4v) is 3.04. The number of aromatic nitrogens is 2. The van der Waals surface area contributed by atoms with E-state index in [0.717, 1.165) is 38.7 Å². The fraction of sp³-hybridized carbons (Fsp3) is 0.688. The molecule has 1 aliphatic carbocycles. The molecule has 1 aromatic rings. The Morgan fingerprint density at radius 1 is 1.22 bits per heavy atom. The van der Waals surface area contributed by atoms with Crippen molar-refractivity contribution in [1.29, 1.82) is 0 Å². The van der Waals surface area contributed by atoms with Gasteiger partial charge in [-0.25, -0.2) is 9.97 Å². The molecule has 0 radical (unpaired) electrons. The number of carbonyl (C=O) groups is 1. The first kappa shape index (κ1) is 16.1. The molecule has 0 bridgehead atoms. The van der Waals surface area contributed by atoms with Crippen LogP contribution in [0, 0.1) is 0 Å². The highest BCUT2D eigenvalue weighted by atomic mass is 16.5. The monoisotopic (exact) mass is 319 g/mol. The molecule has 7 nitrogen and oxygen atoms in total. The average Bonchev–Trinajstić information content (AvgIpc) is 3.09. The van der Waals surface area contributed by atoms with Gasteiger partial charge in [0.2, 0.25) is 0 Å². The van der Waals surface area contributed by atoms with Crippen molar-refractivity contribution in [2.75, 3.05) is 44.7 Å². The minimum atomic E-state index is -0.168.